The molecule has 1 amide bonds. The second-order valence-electron chi connectivity index (χ2n) is 3.45. The van der Waals surface area contributed by atoms with Crippen molar-refractivity contribution >= 4 is 39.1 Å². The standard InChI is InChI=1S/C12H15BrClNO/c1-3-8-5-6-10(14)9(4-2)12(8)15-11(16)7-13/h5-6H,3-4,7H2,1-2H3,(H,15,16). The summed E-state index contributed by atoms with van der Waals surface area (Å²) in [6.07, 6.45) is 1.69. The van der Waals surface area contributed by atoms with Crippen LogP contribution in [0.4, 0.5) is 5.69 Å². The Morgan fingerprint density at radius 2 is 2.06 bits per heavy atom. The maximum absolute atomic E-state index is 11.4. The first-order valence-corrected chi connectivity index (χ1v) is 6.80. The fourth-order valence-electron chi connectivity index (χ4n) is 1.64. The quantitative estimate of drug-likeness (QED) is 0.842. The Morgan fingerprint density at radius 3 is 2.56 bits per heavy atom. The highest BCUT2D eigenvalue weighted by Gasteiger charge is 2.12. The lowest BCUT2D eigenvalue weighted by atomic mass is 10.0. The van der Waals surface area contributed by atoms with Crippen molar-refractivity contribution in [3.05, 3.63) is 28.3 Å². The molecule has 2 nitrogen and oxygen atoms in total. The summed E-state index contributed by atoms with van der Waals surface area (Å²) in [6.45, 7) is 4.09. The molecule has 1 N–H and O–H groups in total. The summed E-state index contributed by atoms with van der Waals surface area (Å²) in [5.41, 5.74) is 3.01. The highest BCUT2D eigenvalue weighted by Crippen LogP contribution is 2.29. The van der Waals surface area contributed by atoms with Gasteiger partial charge in [-0.05, 0) is 30.0 Å². The van der Waals surface area contributed by atoms with Gasteiger partial charge in [-0.1, -0.05) is 47.4 Å². The first-order valence-electron chi connectivity index (χ1n) is 5.30. The normalized spacial score (nSPS) is 10.2. The van der Waals surface area contributed by atoms with Crippen LogP contribution in [0.3, 0.4) is 0 Å². The van der Waals surface area contributed by atoms with E-state index in [9.17, 15) is 4.79 Å². The number of rotatable bonds is 4. The Kier molecular flexibility index (Phi) is 5.29. The smallest absolute Gasteiger partial charge is 0.235 e. The molecule has 0 fully saturated rings. The van der Waals surface area contributed by atoms with E-state index >= 15 is 0 Å². The molecule has 88 valence electrons. The van der Waals surface area contributed by atoms with Gasteiger partial charge in [-0.25, -0.2) is 0 Å². The molecule has 0 bridgehead atoms. The molecule has 0 aliphatic carbocycles. The van der Waals surface area contributed by atoms with Gasteiger partial charge >= 0.3 is 0 Å². The molecule has 1 aromatic rings. The number of anilines is 1. The summed E-state index contributed by atoms with van der Waals surface area (Å²) in [4.78, 5) is 11.4. The molecule has 4 heteroatoms. The molecule has 0 radical (unpaired) electrons. The molecule has 0 heterocycles. The van der Waals surface area contributed by atoms with Crippen molar-refractivity contribution in [3.8, 4) is 0 Å². The maximum atomic E-state index is 11.4. The number of halogens is 2. The molecular weight excluding hydrogens is 289 g/mol. The highest BCUT2D eigenvalue weighted by atomic mass is 79.9. The average Bonchev–Trinajstić information content (AvgIpc) is 2.29. The molecule has 0 aliphatic rings. The van der Waals surface area contributed by atoms with E-state index in [-0.39, 0.29) is 5.91 Å². The fraction of sp³-hybridized carbons (Fsp3) is 0.417. The van der Waals surface area contributed by atoms with Crippen molar-refractivity contribution in [2.75, 3.05) is 10.6 Å². The number of aryl methyl sites for hydroxylation is 1. The van der Waals surface area contributed by atoms with Gasteiger partial charge in [-0.15, -0.1) is 0 Å². The Balaban J connectivity index is 3.19. The van der Waals surface area contributed by atoms with Gasteiger partial charge in [-0.3, -0.25) is 4.79 Å². The molecule has 16 heavy (non-hydrogen) atoms. The van der Waals surface area contributed by atoms with Crippen LogP contribution in [0.5, 0.6) is 0 Å². The van der Waals surface area contributed by atoms with E-state index in [1.54, 1.807) is 0 Å². The van der Waals surface area contributed by atoms with Gasteiger partial charge in [0, 0.05) is 10.7 Å². The van der Waals surface area contributed by atoms with E-state index in [4.69, 9.17) is 11.6 Å². The maximum Gasteiger partial charge on any atom is 0.235 e. The van der Waals surface area contributed by atoms with Crippen LogP contribution < -0.4 is 5.32 Å². The molecule has 0 aromatic heterocycles. The van der Waals surface area contributed by atoms with E-state index in [0.717, 1.165) is 29.7 Å². The predicted molar refractivity (Wildman–Crippen MR) is 72.6 cm³/mol. The van der Waals surface area contributed by atoms with Gasteiger partial charge < -0.3 is 5.32 Å². The number of alkyl halides is 1. The van der Waals surface area contributed by atoms with E-state index in [1.165, 1.54) is 0 Å². The molecule has 0 saturated heterocycles. The minimum absolute atomic E-state index is 0.0494. The molecular formula is C12H15BrClNO. The molecule has 1 aromatic carbocycles. The van der Waals surface area contributed by atoms with Crippen molar-refractivity contribution in [1.82, 2.24) is 0 Å². The number of carbonyl (C=O) groups is 1. The van der Waals surface area contributed by atoms with Crippen molar-refractivity contribution in [1.29, 1.82) is 0 Å². The monoisotopic (exact) mass is 303 g/mol. The minimum Gasteiger partial charge on any atom is -0.325 e. The van der Waals surface area contributed by atoms with Gasteiger partial charge in [0.2, 0.25) is 5.91 Å². The van der Waals surface area contributed by atoms with Crippen molar-refractivity contribution in [2.45, 2.75) is 26.7 Å². The van der Waals surface area contributed by atoms with Gasteiger partial charge in [0.05, 0.1) is 5.33 Å². The fourth-order valence-corrected chi connectivity index (χ4v) is 2.07. The number of nitrogens with one attached hydrogen (secondary N) is 1. The lowest BCUT2D eigenvalue weighted by molar-refractivity contribution is -0.113. The summed E-state index contributed by atoms with van der Waals surface area (Å²) in [6, 6.07) is 3.86. The van der Waals surface area contributed by atoms with Crippen LogP contribution >= 0.6 is 27.5 Å². The number of benzene rings is 1. The Morgan fingerprint density at radius 1 is 1.38 bits per heavy atom. The Bertz CT molecular complexity index is 393. The third-order valence-corrected chi connectivity index (χ3v) is 3.33. The summed E-state index contributed by atoms with van der Waals surface area (Å²) >= 11 is 9.26. The summed E-state index contributed by atoms with van der Waals surface area (Å²) < 4.78 is 0. The average molecular weight is 305 g/mol. The first kappa shape index (κ1) is 13.5. The van der Waals surface area contributed by atoms with Gasteiger partial charge in [0.15, 0.2) is 0 Å². The third kappa shape index (κ3) is 2.98. The summed E-state index contributed by atoms with van der Waals surface area (Å²) in [7, 11) is 0. The summed E-state index contributed by atoms with van der Waals surface area (Å²) in [5, 5.41) is 3.91. The van der Waals surface area contributed by atoms with E-state index in [2.05, 4.69) is 28.2 Å². The zero-order chi connectivity index (χ0) is 12.1. The van der Waals surface area contributed by atoms with Crippen LogP contribution in [0.2, 0.25) is 5.02 Å². The van der Waals surface area contributed by atoms with Crippen LogP contribution in [0.1, 0.15) is 25.0 Å². The SMILES string of the molecule is CCc1ccc(Cl)c(CC)c1NC(=O)CBr. The van der Waals surface area contributed by atoms with Crippen molar-refractivity contribution in [3.63, 3.8) is 0 Å². The molecule has 0 aliphatic heterocycles. The van der Waals surface area contributed by atoms with Crippen molar-refractivity contribution < 1.29 is 4.79 Å². The topological polar surface area (TPSA) is 29.1 Å². The zero-order valence-electron chi connectivity index (χ0n) is 9.44. The third-order valence-electron chi connectivity index (χ3n) is 2.46. The Hall–Kier alpha value is -0.540. The van der Waals surface area contributed by atoms with Gasteiger partial charge in [-0.2, -0.15) is 0 Å². The van der Waals surface area contributed by atoms with E-state index < -0.39 is 0 Å². The molecule has 1 rings (SSSR count). The second kappa shape index (κ2) is 6.26. The minimum atomic E-state index is -0.0494. The van der Waals surface area contributed by atoms with Crippen LogP contribution in [-0.2, 0) is 17.6 Å². The van der Waals surface area contributed by atoms with E-state index in [1.807, 2.05) is 19.1 Å². The zero-order valence-corrected chi connectivity index (χ0v) is 11.8. The lowest BCUT2D eigenvalue weighted by Crippen LogP contribution is -2.15. The number of hydrogen-bond acceptors (Lipinski definition) is 1. The molecule has 0 spiro atoms. The predicted octanol–water partition coefficient (Wildman–Crippen LogP) is 3.80. The number of hydrogen-bond donors (Lipinski definition) is 1. The largest absolute Gasteiger partial charge is 0.325 e. The lowest BCUT2D eigenvalue weighted by Gasteiger charge is -2.15. The van der Waals surface area contributed by atoms with Crippen LogP contribution in [-0.4, -0.2) is 11.2 Å². The van der Waals surface area contributed by atoms with Crippen LogP contribution in [0.25, 0.3) is 0 Å². The van der Waals surface area contributed by atoms with Crippen LogP contribution in [0, 0.1) is 0 Å². The van der Waals surface area contributed by atoms with Gasteiger partial charge in [0.1, 0.15) is 0 Å². The molecule has 0 atom stereocenters. The van der Waals surface area contributed by atoms with E-state index in [0.29, 0.717) is 10.4 Å². The van der Waals surface area contributed by atoms with Crippen molar-refractivity contribution in [2.24, 2.45) is 0 Å². The van der Waals surface area contributed by atoms with Crippen LogP contribution in [0.15, 0.2) is 12.1 Å². The number of carbonyl (C=O) groups excluding carboxylic acids is 1. The summed E-state index contributed by atoms with van der Waals surface area (Å²) in [5.74, 6) is -0.0494. The molecule has 0 unspecified atom stereocenters. The number of amides is 1. The first-order chi connectivity index (χ1) is 7.63. The second-order valence-corrected chi connectivity index (χ2v) is 4.42. The molecule has 0 saturated carbocycles. The van der Waals surface area contributed by atoms with Gasteiger partial charge in [0.25, 0.3) is 0 Å². The Labute approximate surface area is 110 Å². The highest BCUT2D eigenvalue weighted by molar-refractivity contribution is 9.09.